The molecule has 4 rings (SSSR count). The van der Waals surface area contributed by atoms with Crippen LogP contribution in [0.4, 0.5) is 24.5 Å². The predicted octanol–water partition coefficient (Wildman–Crippen LogP) is 5.64. The molecular formula is C22H16Cl2F3N3O4S. The molecular weight excluding hydrogens is 530 g/mol. The van der Waals surface area contributed by atoms with E-state index >= 15 is 0 Å². The van der Waals surface area contributed by atoms with Gasteiger partial charge in [0.1, 0.15) is 11.9 Å². The molecule has 1 unspecified atom stereocenters. The van der Waals surface area contributed by atoms with Gasteiger partial charge in [-0.3, -0.25) is 14.4 Å². The van der Waals surface area contributed by atoms with Crippen molar-refractivity contribution in [2.45, 2.75) is 24.1 Å². The summed E-state index contributed by atoms with van der Waals surface area (Å²) < 4.78 is 73.5. The Labute approximate surface area is 208 Å². The lowest BCUT2D eigenvalue weighted by molar-refractivity contribution is -0.137. The number of hydrogen-bond donors (Lipinski definition) is 1. The fourth-order valence-electron chi connectivity index (χ4n) is 3.49. The maximum absolute atomic E-state index is 13.5. The lowest BCUT2D eigenvalue weighted by Crippen LogP contribution is -2.42. The van der Waals surface area contributed by atoms with E-state index in [4.69, 9.17) is 27.9 Å². The van der Waals surface area contributed by atoms with Crippen LogP contribution in [0.3, 0.4) is 0 Å². The van der Waals surface area contributed by atoms with Gasteiger partial charge in [0.15, 0.2) is 5.69 Å². The Morgan fingerprint density at radius 3 is 2.60 bits per heavy atom. The van der Waals surface area contributed by atoms with Crippen LogP contribution in [0.25, 0.3) is 0 Å². The Morgan fingerprint density at radius 1 is 1.17 bits per heavy atom. The summed E-state index contributed by atoms with van der Waals surface area (Å²) in [5.74, 6) is -0.203. The maximum atomic E-state index is 13.5. The fourth-order valence-corrected chi connectivity index (χ4v) is 4.96. The molecule has 1 aromatic heterocycles. The molecule has 1 atom stereocenters. The highest BCUT2D eigenvalue weighted by atomic mass is 35.5. The summed E-state index contributed by atoms with van der Waals surface area (Å²) >= 11 is 11.6. The topological polar surface area (TPSA) is 88.6 Å². The summed E-state index contributed by atoms with van der Waals surface area (Å²) in [5, 5.41) is -0.654. The molecule has 0 spiro atoms. The zero-order valence-corrected chi connectivity index (χ0v) is 20.1. The van der Waals surface area contributed by atoms with Gasteiger partial charge < -0.3 is 4.74 Å². The number of amides is 1. The lowest BCUT2D eigenvalue weighted by Gasteiger charge is -2.33. The van der Waals surface area contributed by atoms with Crippen LogP contribution in [0.5, 0.6) is 5.75 Å². The van der Waals surface area contributed by atoms with Crippen LogP contribution < -0.4 is 14.4 Å². The minimum absolute atomic E-state index is 0.00193. The van der Waals surface area contributed by atoms with Crippen molar-refractivity contribution >= 4 is 50.5 Å². The molecule has 2 heterocycles. The third-order valence-electron chi connectivity index (χ3n) is 5.02. The molecule has 0 aliphatic carbocycles. The Kier molecular flexibility index (Phi) is 6.60. The molecule has 1 amide bonds. The summed E-state index contributed by atoms with van der Waals surface area (Å²) in [4.78, 5) is 18.1. The number of nitrogens with zero attached hydrogens (tertiary/aromatic N) is 2. The van der Waals surface area contributed by atoms with Gasteiger partial charge in [-0.1, -0.05) is 35.3 Å². The third-order valence-corrected chi connectivity index (χ3v) is 6.92. The average Bonchev–Trinajstić information content (AvgIpc) is 2.77. The first kappa shape index (κ1) is 25.1. The second kappa shape index (κ2) is 9.21. The summed E-state index contributed by atoms with van der Waals surface area (Å²) in [5.41, 5.74) is -1.47. The number of anilines is 2. The number of sulfonamides is 1. The molecule has 1 N–H and O–H groups in total. The number of carbonyl (C=O) groups excluding carboxylic acids is 1. The zero-order valence-electron chi connectivity index (χ0n) is 17.8. The van der Waals surface area contributed by atoms with Gasteiger partial charge in [0, 0.05) is 6.20 Å². The number of rotatable bonds is 4. The van der Waals surface area contributed by atoms with Gasteiger partial charge in [0.2, 0.25) is 0 Å². The molecule has 1 aliphatic heterocycles. The van der Waals surface area contributed by atoms with Gasteiger partial charge in [-0.25, -0.2) is 13.4 Å². The first-order valence-corrected chi connectivity index (χ1v) is 12.2. The first-order valence-electron chi connectivity index (χ1n) is 9.99. The second-order valence-corrected chi connectivity index (χ2v) is 10.1. The Bertz CT molecular complexity index is 1420. The van der Waals surface area contributed by atoms with Gasteiger partial charge >= 0.3 is 6.18 Å². The summed E-state index contributed by atoms with van der Waals surface area (Å²) in [6.07, 6.45) is -4.08. The molecule has 2 aromatic carbocycles. The lowest BCUT2D eigenvalue weighted by atomic mass is 10.1. The summed E-state index contributed by atoms with van der Waals surface area (Å²) in [6.45, 7) is 1.91. The number of carbonyl (C=O) groups is 1. The molecule has 1 aliphatic rings. The number of pyridine rings is 1. The van der Waals surface area contributed by atoms with E-state index < -0.39 is 37.6 Å². The summed E-state index contributed by atoms with van der Waals surface area (Å²) in [7, 11) is -4.59. The van der Waals surface area contributed by atoms with Gasteiger partial charge in [0.05, 0.1) is 38.4 Å². The number of ether oxygens (including phenoxy) is 1. The van der Waals surface area contributed by atoms with Crippen LogP contribution in [0.2, 0.25) is 10.0 Å². The number of fused-ring (bicyclic) bond motifs is 1. The highest BCUT2D eigenvalue weighted by Crippen LogP contribution is 2.37. The third kappa shape index (κ3) is 5.16. The largest absolute Gasteiger partial charge is 0.487 e. The van der Waals surface area contributed by atoms with Crippen molar-refractivity contribution in [3.8, 4) is 5.75 Å². The van der Waals surface area contributed by atoms with Crippen molar-refractivity contribution < 1.29 is 31.1 Å². The van der Waals surface area contributed by atoms with Crippen LogP contribution in [-0.2, 0) is 16.2 Å². The molecule has 184 valence electrons. The van der Waals surface area contributed by atoms with E-state index in [1.807, 2.05) is 0 Å². The highest BCUT2D eigenvalue weighted by Gasteiger charge is 2.35. The van der Waals surface area contributed by atoms with E-state index in [-0.39, 0.29) is 29.1 Å². The van der Waals surface area contributed by atoms with Crippen molar-refractivity contribution in [3.05, 3.63) is 76.0 Å². The number of aromatic nitrogens is 1. The molecule has 13 heteroatoms. The Morgan fingerprint density at radius 2 is 1.89 bits per heavy atom. The minimum Gasteiger partial charge on any atom is -0.487 e. The molecule has 3 aromatic rings. The zero-order chi connectivity index (χ0) is 25.5. The van der Waals surface area contributed by atoms with Crippen molar-refractivity contribution in [2.24, 2.45) is 0 Å². The first-order chi connectivity index (χ1) is 16.4. The van der Waals surface area contributed by atoms with Gasteiger partial charge in [0.25, 0.3) is 15.9 Å². The molecule has 0 radical (unpaired) electrons. The predicted molar refractivity (Wildman–Crippen MR) is 125 cm³/mol. The molecule has 0 saturated carbocycles. The SMILES string of the molecule is CC1CN(C(=O)c2ncc(Cl)cc2NS(=O)(=O)c2ccc(Cl)c(C(F)(F)F)c2)c2ccccc2O1. The number of halogens is 5. The van der Waals surface area contributed by atoms with Crippen LogP contribution >= 0.6 is 23.2 Å². The Balaban J connectivity index is 1.73. The maximum Gasteiger partial charge on any atom is 0.417 e. The molecule has 35 heavy (non-hydrogen) atoms. The standard InChI is InChI=1S/C22H16Cl2F3N3O4S/c1-12-11-30(18-4-2-3-5-19(18)34-12)21(31)20-17(8-13(23)10-28-20)29-35(32,33)14-6-7-16(24)15(9-14)22(25,26)27/h2-10,12,29H,11H2,1H3. The molecule has 0 saturated heterocycles. The van der Waals surface area contributed by atoms with Gasteiger partial charge in [-0.05, 0) is 43.3 Å². The van der Waals surface area contributed by atoms with Crippen molar-refractivity contribution in [2.75, 3.05) is 16.2 Å². The smallest absolute Gasteiger partial charge is 0.417 e. The van der Waals surface area contributed by atoms with Gasteiger partial charge in [-0.15, -0.1) is 0 Å². The molecule has 7 nitrogen and oxygen atoms in total. The van der Waals surface area contributed by atoms with Gasteiger partial charge in [-0.2, -0.15) is 13.2 Å². The van der Waals surface area contributed by atoms with E-state index in [2.05, 4.69) is 9.71 Å². The van der Waals surface area contributed by atoms with E-state index in [0.29, 0.717) is 17.5 Å². The normalized spacial score (nSPS) is 15.8. The van der Waals surface area contributed by atoms with E-state index in [1.165, 1.54) is 4.90 Å². The van der Waals surface area contributed by atoms with E-state index in [1.54, 1.807) is 31.2 Å². The van der Waals surface area contributed by atoms with Crippen LogP contribution in [-0.4, -0.2) is 32.0 Å². The van der Waals surface area contributed by atoms with Crippen LogP contribution in [0.15, 0.2) is 59.6 Å². The monoisotopic (exact) mass is 545 g/mol. The van der Waals surface area contributed by atoms with E-state index in [0.717, 1.165) is 24.4 Å². The number of nitrogens with one attached hydrogen (secondary N) is 1. The number of benzene rings is 2. The summed E-state index contributed by atoms with van der Waals surface area (Å²) in [6, 6.07) is 10.1. The molecule has 0 bridgehead atoms. The number of para-hydroxylation sites is 2. The second-order valence-electron chi connectivity index (χ2n) is 7.61. The minimum atomic E-state index is -4.87. The Hall–Kier alpha value is -3.02. The van der Waals surface area contributed by atoms with Crippen molar-refractivity contribution in [1.29, 1.82) is 0 Å². The van der Waals surface area contributed by atoms with E-state index in [9.17, 15) is 26.4 Å². The quantitative estimate of drug-likeness (QED) is 0.458. The van der Waals surface area contributed by atoms with Crippen molar-refractivity contribution in [1.82, 2.24) is 4.98 Å². The fraction of sp³-hybridized carbons (Fsp3) is 0.182. The average molecular weight is 546 g/mol. The van der Waals surface area contributed by atoms with Crippen molar-refractivity contribution in [3.63, 3.8) is 0 Å². The molecule has 0 fully saturated rings. The number of hydrogen-bond acceptors (Lipinski definition) is 5. The highest BCUT2D eigenvalue weighted by molar-refractivity contribution is 7.92. The van der Waals surface area contributed by atoms with Crippen LogP contribution in [0.1, 0.15) is 23.0 Å². The van der Waals surface area contributed by atoms with Crippen LogP contribution in [0, 0.1) is 0 Å². The number of alkyl halides is 3.